The second-order valence-electron chi connectivity index (χ2n) is 2.85. The first-order chi connectivity index (χ1) is 8.63. The summed E-state index contributed by atoms with van der Waals surface area (Å²) in [5, 5.41) is 0. The molecule has 0 aromatic rings. The zero-order chi connectivity index (χ0) is 13.8. The van der Waals surface area contributed by atoms with Crippen molar-refractivity contribution in [2.24, 2.45) is 0 Å². The van der Waals surface area contributed by atoms with Crippen LogP contribution in [0.1, 0.15) is 27.7 Å². The molecule has 0 fully saturated rings. The maximum Gasteiger partial charge on any atom is 0.863 e. The van der Waals surface area contributed by atoms with Crippen LogP contribution in [0.3, 0.4) is 0 Å². The van der Waals surface area contributed by atoms with E-state index >= 15 is 0 Å². The van der Waals surface area contributed by atoms with Crippen molar-refractivity contribution in [3.8, 4) is 24.1 Å². The molecule has 0 amide bonds. The lowest BCUT2D eigenvalue weighted by Crippen LogP contribution is -2.23. The van der Waals surface area contributed by atoms with E-state index < -0.39 is 21.1 Å². The summed E-state index contributed by atoms with van der Waals surface area (Å²) in [7, 11) is 0. The zero-order valence-electron chi connectivity index (χ0n) is 10.9. The first-order valence-corrected chi connectivity index (χ1v) is 6.72. The second kappa shape index (κ2) is 10.4. The van der Waals surface area contributed by atoms with Gasteiger partial charge < -0.3 is 16.1 Å². The molecule has 0 saturated carbocycles. The smallest absolute Gasteiger partial charge is 0.756 e. The van der Waals surface area contributed by atoms with Crippen molar-refractivity contribution >= 4 is 21.1 Å². The third-order valence-corrected chi connectivity index (χ3v) is 2.59. The van der Waals surface area contributed by atoms with Crippen molar-refractivity contribution in [1.82, 2.24) is 0 Å². The van der Waals surface area contributed by atoms with E-state index in [1.165, 1.54) is 6.08 Å². The lowest BCUT2D eigenvalue weighted by molar-refractivity contribution is -0.137. The second-order valence-corrected chi connectivity index (χ2v) is 4.14. The van der Waals surface area contributed by atoms with Crippen LogP contribution in [0.4, 0.5) is 0 Å². The van der Waals surface area contributed by atoms with Crippen molar-refractivity contribution in [2.75, 3.05) is 6.61 Å². The highest BCUT2D eigenvalue weighted by molar-refractivity contribution is 6.37. The molecule has 0 aromatic heterocycles. The number of rotatable bonds is 6. The van der Waals surface area contributed by atoms with E-state index in [9.17, 15) is 4.79 Å². The average Bonchev–Trinajstić information content (AvgIpc) is 2.32. The number of esters is 1. The molecule has 0 spiro atoms. The largest absolute Gasteiger partial charge is 0.863 e. The van der Waals surface area contributed by atoms with E-state index in [0.717, 1.165) is 0 Å². The van der Waals surface area contributed by atoms with E-state index in [1.807, 2.05) is 0 Å². The Hall–Kier alpha value is -1.74. The molecule has 18 heavy (non-hydrogen) atoms. The van der Waals surface area contributed by atoms with Gasteiger partial charge in [0.1, 0.15) is 0 Å². The van der Waals surface area contributed by atoms with Gasteiger partial charge in [-0.2, -0.15) is 0 Å². The fraction of sp³-hybridized carbons (Fsp3) is 0.417. The Balaban J connectivity index is 4.46. The number of ether oxygens (including phenoxy) is 1. The van der Waals surface area contributed by atoms with Crippen LogP contribution in [0, 0.1) is 24.1 Å². The van der Waals surface area contributed by atoms with Gasteiger partial charge in [0.2, 0.25) is 0 Å². The molecule has 0 aromatic carbocycles. The molecule has 6 heteroatoms. The number of carbonyl (C=O) groups is 1. The van der Waals surface area contributed by atoms with Crippen LogP contribution in [0.5, 0.6) is 0 Å². The normalized spacial score (nSPS) is 9.50. The molecular weight excluding hydrogens is 251 g/mol. The number of hydrogen-bond acceptors (Lipinski definition) is 5. The minimum absolute atomic E-state index is 0.305. The van der Waals surface area contributed by atoms with E-state index in [-0.39, 0.29) is 0 Å². The topological polar surface area (TPSA) is 54.0 Å². The Morgan fingerprint density at radius 3 is 2.22 bits per heavy atom. The van der Waals surface area contributed by atoms with Crippen LogP contribution in [-0.4, -0.2) is 27.7 Å². The maximum absolute atomic E-state index is 11.2. The summed E-state index contributed by atoms with van der Waals surface area (Å²) < 4.78 is 20.1. The van der Waals surface area contributed by atoms with Gasteiger partial charge >= 0.3 is 21.1 Å². The molecule has 0 saturated heterocycles. The first-order valence-electron chi connectivity index (χ1n) is 5.30. The number of hydrogen-bond donors (Lipinski definition) is 0. The lowest BCUT2D eigenvalue weighted by Gasteiger charge is -2.24. The molecule has 0 heterocycles. The highest BCUT2D eigenvalue weighted by Crippen LogP contribution is 2.02. The molecular formula is C12H15AlO5-. The molecule has 0 N–H and O–H groups in total. The minimum Gasteiger partial charge on any atom is -0.756 e. The maximum atomic E-state index is 11.2. The molecule has 97 valence electrons. The SMILES string of the molecule is CC#C[O][Al-]([O]C#CC)[O]C(C)=CC(=O)OCC. The van der Waals surface area contributed by atoms with Crippen LogP contribution in [0.2, 0.25) is 0 Å². The standard InChI is InChI=1S/C6H10O3.2C3H4O.Al/c1-3-9-6(8)4-5(2)7;2*1-2-3-4;/h4,7H,3H2,1-2H3;2*4H,1H3;/q;;;+2/p-3. The monoisotopic (exact) mass is 266 g/mol. The van der Waals surface area contributed by atoms with Gasteiger partial charge in [0.05, 0.1) is 12.7 Å². The van der Waals surface area contributed by atoms with Crippen LogP contribution >= 0.6 is 0 Å². The fourth-order valence-corrected chi connectivity index (χ4v) is 1.77. The summed E-state index contributed by atoms with van der Waals surface area (Å²) in [6, 6.07) is 0. The third kappa shape index (κ3) is 8.42. The van der Waals surface area contributed by atoms with Gasteiger partial charge in [-0.15, -0.1) is 0 Å². The molecule has 0 aliphatic heterocycles. The van der Waals surface area contributed by atoms with Crippen LogP contribution in [0.25, 0.3) is 0 Å². The third-order valence-electron chi connectivity index (χ3n) is 1.40. The predicted octanol–water partition coefficient (Wildman–Crippen LogP) is 1.45. The van der Waals surface area contributed by atoms with Crippen molar-refractivity contribution in [3.63, 3.8) is 0 Å². The van der Waals surface area contributed by atoms with Crippen molar-refractivity contribution in [3.05, 3.63) is 11.8 Å². The number of carbonyl (C=O) groups excluding carboxylic acids is 1. The van der Waals surface area contributed by atoms with Crippen molar-refractivity contribution < 1.29 is 20.9 Å². The summed E-state index contributed by atoms with van der Waals surface area (Å²) in [5.74, 6) is 4.96. The predicted molar refractivity (Wildman–Crippen MR) is 66.3 cm³/mol. The molecule has 0 atom stereocenters. The fourth-order valence-electron chi connectivity index (χ4n) is 0.822. The highest BCUT2D eigenvalue weighted by Gasteiger charge is 2.18. The van der Waals surface area contributed by atoms with E-state index in [1.54, 1.807) is 27.7 Å². The molecule has 0 unspecified atom stereocenters. The number of allylic oxidation sites excluding steroid dienone is 1. The Labute approximate surface area is 112 Å². The van der Waals surface area contributed by atoms with Gasteiger partial charge in [-0.05, 0) is 13.8 Å². The molecule has 0 bridgehead atoms. The van der Waals surface area contributed by atoms with Gasteiger partial charge in [0.15, 0.2) is 0 Å². The molecule has 0 rings (SSSR count). The van der Waals surface area contributed by atoms with Crippen LogP contribution in [0.15, 0.2) is 11.8 Å². The summed E-state index contributed by atoms with van der Waals surface area (Å²) in [6.07, 6.45) is 6.00. The van der Waals surface area contributed by atoms with E-state index in [0.29, 0.717) is 12.4 Å². The lowest BCUT2D eigenvalue weighted by atomic mass is 10.5. The van der Waals surface area contributed by atoms with Crippen molar-refractivity contribution in [1.29, 1.82) is 0 Å². The Kier molecular flexibility index (Phi) is 9.41. The average molecular weight is 266 g/mol. The Bertz CT molecular complexity index is 386. The zero-order valence-corrected chi connectivity index (χ0v) is 12.1. The van der Waals surface area contributed by atoms with Crippen molar-refractivity contribution in [2.45, 2.75) is 27.7 Å². The van der Waals surface area contributed by atoms with Crippen LogP contribution in [-0.2, 0) is 20.9 Å². The van der Waals surface area contributed by atoms with Crippen LogP contribution < -0.4 is 0 Å². The summed E-state index contributed by atoms with van der Waals surface area (Å²) >= 11 is -2.53. The first kappa shape index (κ1) is 16.3. The Morgan fingerprint density at radius 1 is 1.22 bits per heavy atom. The van der Waals surface area contributed by atoms with Gasteiger partial charge in [0.25, 0.3) is 0 Å². The van der Waals surface area contributed by atoms with Gasteiger partial charge in [0, 0.05) is 31.8 Å². The summed E-state index contributed by atoms with van der Waals surface area (Å²) in [4.78, 5) is 11.2. The molecule has 1 radical (unpaired) electrons. The van der Waals surface area contributed by atoms with E-state index in [2.05, 4.69) is 24.1 Å². The van der Waals surface area contributed by atoms with E-state index in [4.69, 9.17) is 16.1 Å². The quantitative estimate of drug-likeness (QED) is 0.239. The van der Waals surface area contributed by atoms with Gasteiger partial charge in [-0.3, -0.25) is 0 Å². The molecule has 5 nitrogen and oxygen atoms in total. The summed E-state index contributed by atoms with van der Waals surface area (Å²) in [5.41, 5.74) is 0. The minimum atomic E-state index is -2.53. The summed E-state index contributed by atoms with van der Waals surface area (Å²) in [6.45, 7) is 6.87. The van der Waals surface area contributed by atoms with Gasteiger partial charge in [-0.25, -0.2) is 4.79 Å². The van der Waals surface area contributed by atoms with Gasteiger partial charge in [-0.1, -0.05) is 11.8 Å². The molecule has 0 aliphatic carbocycles. The molecule has 0 aliphatic rings. The Morgan fingerprint density at radius 2 is 1.78 bits per heavy atom. The highest BCUT2D eigenvalue weighted by atomic mass is 27.3.